The number of anilines is 1. The highest BCUT2D eigenvalue weighted by molar-refractivity contribution is 6.06. The summed E-state index contributed by atoms with van der Waals surface area (Å²) in [7, 11) is 0. The van der Waals surface area contributed by atoms with E-state index in [1.165, 1.54) is 6.08 Å². The molecule has 0 radical (unpaired) electrons. The Labute approximate surface area is 147 Å². The standard InChI is InChI=1S/C19H21N3O3/c1-2-25-17-6-4-16(5-7-17)18(23)8-3-15-13-20-19(21-14-15)22-9-11-24-12-10-22/h3-8,13-14H,2,9-12H2,1H3/b8-3+. The Morgan fingerprint density at radius 3 is 2.52 bits per heavy atom. The van der Waals surface area contributed by atoms with E-state index in [1.54, 1.807) is 42.7 Å². The fourth-order valence-corrected chi connectivity index (χ4v) is 2.49. The molecule has 0 bridgehead atoms. The van der Waals surface area contributed by atoms with Gasteiger partial charge >= 0.3 is 0 Å². The number of rotatable bonds is 6. The third-order valence-corrected chi connectivity index (χ3v) is 3.83. The molecule has 1 aromatic carbocycles. The highest BCUT2D eigenvalue weighted by Gasteiger charge is 2.13. The number of benzene rings is 1. The molecular formula is C19H21N3O3. The van der Waals surface area contributed by atoms with Gasteiger partial charge in [-0.2, -0.15) is 0 Å². The van der Waals surface area contributed by atoms with Gasteiger partial charge in [-0.25, -0.2) is 9.97 Å². The molecule has 2 aromatic rings. The van der Waals surface area contributed by atoms with Crippen molar-refractivity contribution in [3.05, 3.63) is 53.9 Å². The summed E-state index contributed by atoms with van der Waals surface area (Å²) in [5.41, 5.74) is 1.40. The first kappa shape index (κ1) is 17.1. The second kappa shape index (κ2) is 8.39. The largest absolute Gasteiger partial charge is 0.494 e. The van der Waals surface area contributed by atoms with E-state index in [4.69, 9.17) is 9.47 Å². The molecule has 2 heterocycles. The second-order valence-electron chi connectivity index (χ2n) is 5.57. The lowest BCUT2D eigenvalue weighted by Gasteiger charge is -2.26. The number of carbonyl (C=O) groups is 1. The SMILES string of the molecule is CCOc1ccc(C(=O)/C=C/c2cnc(N3CCOCC3)nc2)cc1. The van der Waals surface area contributed by atoms with E-state index in [1.807, 2.05) is 6.92 Å². The Morgan fingerprint density at radius 2 is 1.88 bits per heavy atom. The maximum absolute atomic E-state index is 12.2. The molecule has 130 valence electrons. The van der Waals surface area contributed by atoms with E-state index in [0.29, 0.717) is 31.3 Å². The van der Waals surface area contributed by atoms with Gasteiger partial charge in [-0.1, -0.05) is 0 Å². The van der Waals surface area contributed by atoms with E-state index in [2.05, 4.69) is 14.9 Å². The number of ketones is 1. The molecule has 1 fully saturated rings. The van der Waals surface area contributed by atoms with Gasteiger partial charge in [0.25, 0.3) is 0 Å². The Bertz CT molecular complexity index is 721. The van der Waals surface area contributed by atoms with E-state index < -0.39 is 0 Å². The molecule has 1 aromatic heterocycles. The number of hydrogen-bond acceptors (Lipinski definition) is 6. The molecule has 0 aliphatic carbocycles. The van der Waals surface area contributed by atoms with Gasteiger partial charge in [-0.05, 0) is 43.3 Å². The predicted octanol–water partition coefficient (Wildman–Crippen LogP) is 2.61. The van der Waals surface area contributed by atoms with Crippen LogP contribution in [0.25, 0.3) is 6.08 Å². The average molecular weight is 339 g/mol. The molecule has 25 heavy (non-hydrogen) atoms. The van der Waals surface area contributed by atoms with Crippen LogP contribution in [0.2, 0.25) is 0 Å². The van der Waals surface area contributed by atoms with Gasteiger partial charge in [-0.15, -0.1) is 0 Å². The smallest absolute Gasteiger partial charge is 0.225 e. The van der Waals surface area contributed by atoms with Crippen LogP contribution in [0.4, 0.5) is 5.95 Å². The normalized spacial score (nSPS) is 14.7. The van der Waals surface area contributed by atoms with Crippen molar-refractivity contribution in [2.75, 3.05) is 37.8 Å². The number of allylic oxidation sites excluding steroid dienone is 1. The number of nitrogens with zero attached hydrogens (tertiary/aromatic N) is 3. The van der Waals surface area contributed by atoms with Crippen LogP contribution in [-0.2, 0) is 4.74 Å². The van der Waals surface area contributed by atoms with Gasteiger partial charge in [0.2, 0.25) is 5.95 Å². The van der Waals surface area contributed by atoms with Gasteiger partial charge in [0.15, 0.2) is 5.78 Å². The Balaban J connectivity index is 1.61. The molecule has 0 saturated carbocycles. The van der Waals surface area contributed by atoms with Gasteiger partial charge in [0.1, 0.15) is 5.75 Å². The summed E-state index contributed by atoms with van der Waals surface area (Å²) in [6.45, 7) is 5.52. The topological polar surface area (TPSA) is 64.5 Å². The van der Waals surface area contributed by atoms with Crippen LogP contribution in [0.3, 0.4) is 0 Å². The third-order valence-electron chi connectivity index (χ3n) is 3.83. The fourth-order valence-electron chi connectivity index (χ4n) is 2.49. The molecule has 0 unspecified atom stereocenters. The van der Waals surface area contributed by atoms with Crippen molar-refractivity contribution in [2.24, 2.45) is 0 Å². The quantitative estimate of drug-likeness (QED) is 0.595. The lowest BCUT2D eigenvalue weighted by Crippen LogP contribution is -2.37. The second-order valence-corrected chi connectivity index (χ2v) is 5.57. The summed E-state index contributed by atoms with van der Waals surface area (Å²) in [5, 5.41) is 0. The van der Waals surface area contributed by atoms with Crippen LogP contribution in [0.5, 0.6) is 5.75 Å². The molecule has 0 atom stereocenters. The van der Waals surface area contributed by atoms with Crippen molar-refractivity contribution >= 4 is 17.8 Å². The number of aromatic nitrogens is 2. The minimum atomic E-state index is -0.0692. The van der Waals surface area contributed by atoms with Crippen LogP contribution >= 0.6 is 0 Å². The molecule has 6 heteroatoms. The monoisotopic (exact) mass is 339 g/mol. The molecule has 0 spiro atoms. The van der Waals surface area contributed by atoms with Crippen LogP contribution < -0.4 is 9.64 Å². The average Bonchev–Trinajstić information content (AvgIpc) is 2.68. The summed E-state index contributed by atoms with van der Waals surface area (Å²) in [4.78, 5) is 23.0. The van der Waals surface area contributed by atoms with Crippen molar-refractivity contribution in [1.29, 1.82) is 0 Å². The van der Waals surface area contributed by atoms with Crippen molar-refractivity contribution in [3.8, 4) is 5.75 Å². The van der Waals surface area contributed by atoms with Crippen LogP contribution in [0, 0.1) is 0 Å². The van der Waals surface area contributed by atoms with E-state index in [0.717, 1.165) is 24.4 Å². The van der Waals surface area contributed by atoms with Crippen LogP contribution in [-0.4, -0.2) is 48.7 Å². The zero-order chi connectivity index (χ0) is 17.5. The molecule has 1 saturated heterocycles. The summed E-state index contributed by atoms with van der Waals surface area (Å²) >= 11 is 0. The first-order valence-electron chi connectivity index (χ1n) is 8.36. The molecule has 0 N–H and O–H groups in total. The van der Waals surface area contributed by atoms with Crippen LogP contribution in [0.1, 0.15) is 22.8 Å². The van der Waals surface area contributed by atoms with Gasteiger partial charge in [0.05, 0.1) is 19.8 Å². The van der Waals surface area contributed by atoms with Gasteiger partial charge in [0, 0.05) is 36.6 Å². The number of morpholine rings is 1. The van der Waals surface area contributed by atoms with Crippen molar-refractivity contribution < 1.29 is 14.3 Å². The molecule has 1 aliphatic heterocycles. The van der Waals surface area contributed by atoms with E-state index >= 15 is 0 Å². The minimum Gasteiger partial charge on any atom is -0.494 e. The zero-order valence-electron chi connectivity index (χ0n) is 14.2. The highest BCUT2D eigenvalue weighted by Crippen LogP contribution is 2.14. The highest BCUT2D eigenvalue weighted by atomic mass is 16.5. The minimum absolute atomic E-state index is 0.0692. The Kier molecular flexibility index (Phi) is 5.74. The summed E-state index contributed by atoms with van der Waals surface area (Å²) in [6, 6.07) is 7.11. The summed E-state index contributed by atoms with van der Waals surface area (Å²) < 4.78 is 10.7. The van der Waals surface area contributed by atoms with Gasteiger partial charge < -0.3 is 14.4 Å². The molecule has 3 rings (SSSR count). The molecule has 1 aliphatic rings. The predicted molar refractivity (Wildman–Crippen MR) is 96.0 cm³/mol. The summed E-state index contributed by atoms with van der Waals surface area (Å²) in [5.74, 6) is 1.38. The first-order valence-corrected chi connectivity index (χ1v) is 8.36. The fraction of sp³-hybridized carbons (Fsp3) is 0.316. The van der Waals surface area contributed by atoms with Crippen molar-refractivity contribution in [3.63, 3.8) is 0 Å². The number of carbonyl (C=O) groups excluding carboxylic acids is 1. The molecular weight excluding hydrogens is 318 g/mol. The molecule has 0 amide bonds. The number of hydrogen-bond donors (Lipinski definition) is 0. The first-order chi connectivity index (χ1) is 12.3. The van der Waals surface area contributed by atoms with Crippen LogP contribution in [0.15, 0.2) is 42.7 Å². The maximum atomic E-state index is 12.2. The van der Waals surface area contributed by atoms with Gasteiger partial charge in [-0.3, -0.25) is 4.79 Å². The zero-order valence-corrected chi connectivity index (χ0v) is 14.2. The molecule has 6 nitrogen and oxygen atoms in total. The van der Waals surface area contributed by atoms with Crippen molar-refractivity contribution in [1.82, 2.24) is 9.97 Å². The Morgan fingerprint density at radius 1 is 1.20 bits per heavy atom. The maximum Gasteiger partial charge on any atom is 0.225 e. The van der Waals surface area contributed by atoms with E-state index in [9.17, 15) is 4.79 Å². The number of ether oxygens (including phenoxy) is 2. The lowest BCUT2D eigenvalue weighted by atomic mass is 10.1. The lowest BCUT2D eigenvalue weighted by molar-refractivity contribution is 0.104. The van der Waals surface area contributed by atoms with E-state index in [-0.39, 0.29) is 5.78 Å². The van der Waals surface area contributed by atoms with Crippen molar-refractivity contribution in [2.45, 2.75) is 6.92 Å². The third kappa shape index (κ3) is 4.64. The summed E-state index contributed by atoms with van der Waals surface area (Å²) in [6.07, 6.45) is 6.70. The Hall–Kier alpha value is -2.73.